The van der Waals surface area contributed by atoms with Crippen molar-refractivity contribution in [2.24, 2.45) is 0 Å². The number of para-hydroxylation sites is 2. The number of amides is 1. The van der Waals surface area contributed by atoms with Crippen molar-refractivity contribution in [2.45, 2.75) is 26.4 Å². The van der Waals surface area contributed by atoms with Crippen molar-refractivity contribution in [3.8, 4) is 11.5 Å². The quantitative estimate of drug-likeness (QED) is 0.901. The van der Waals surface area contributed by atoms with Crippen LogP contribution in [0.4, 0.5) is 4.79 Å². The summed E-state index contributed by atoms with van der Waals surface area (Å²) in [6.45, 7) is 8.82. The first kappa shape index (κ1) is 14.7. The molecule has 0 saturated carbocycles. The highest BCUT2D eigenvalue weighted by Gasteiger charge is 2.21. The summed E-state index contributed by atoms with van der Waals surface area (Å²) in [7, 11) is 0. The number of hydrogen-bond donors (Lipinski definition) is 1. The summed E-state index contributed by atoms with van der Waals surface area (Å²) >= 11 is 0. The Labute approximate surface area is 119 Å². The minimum atomic E-state index is -0.336. The van der Waals surface area contributed by atoms with E-state index >= 15 is 0 Å². The second kappa shape index (κ2) is 6.13. The third-order valence-electron chi connectivity index (χ3n) is 2.84. The van der Waals surface area contributed by atoms with Crippen molar-refractivity contribution >= 4 is 6.09 Å². The second-order valence-electron chi connectivity index (χ2n) is 5.77. The van der Waals surface area contributed by atoms with Gasteiger partial charge in [0, 0.05) is 26.2 Å². The van der Waals surface area contributed by atoms with Crippen LogP contribution in [0.3, 0.4) is 0 Å². The van der Waals surface area contributed by atoms with Crippen LogP contribution in [0.15, 0.2) is 24.3 Å². The van der Waals surface area contributed by atoms with E-state index in [1.54, 1.807) is 11.0 Å². The summed E-state index contributed by atoms with van der Waals surface area (Å²) in [5.74, 6) is 1.05. The highest BCUT2D eigenvalue weighted by atomic mass is 16.6. The van der Waals surface area contributed by atoms with Crippen molar-refractivity contribution in [1.29, 1.82) is 0 Å². The van der Waals surface area contributed by atoms with E-state index in [2.05, 4.69) is 5.32 Å². The molecule has 1 saturated heterocycles. The maximum Gasteiger partial charge on any atom is 0.415 e. The smallest absolute Gasteiger partial charge is 0.415 e. The Balaban J connectivity index is 2.06. The monoisotopic (exact) mass is 278 g/mol. The average Bonchev–Trinajstić information content (AvgIpc) is 2.40. The van der Waals surface area contributed by atoms with Crippen LogP contribution in [0.5, 0.6) is 11.5 Å². The number of hydrogen-bond acceptors (Lipinski definition) is 4. The first-order valence-electron chi connectivity index (χ1n) is 6.91. The highest BCUT2D eigenvalue weighted by molar-refractivity contribution is 5.71. The second-order valence-corrected chi connectivity index (χ2v) is 5.77. The summed E-state index contributed by atoms with van der Waals surface area (Å²) in [4.78, 5) is 13.8. The molecule has 1 N–H and O–H groups in total. The Morgan fingerprint density at radius 1 is 1.15 bits per heavy atom. The highest BCUT2D eigenvalue weighted by Crippen LogP contribution is 2.30. The molecule has 0 aromatic heterocycles. The molecule has 1 aromatic rings. The van der Waals surface area contributed by atoms with Crippen LogP contribution in [0.1, 0.15) is 20.8 Å². The lowest BCUT2D eigenvalue weighted by molar-refractivity contribution is 0.117. The molecule has 0 aliphatic carbocycles. The maximum atomic E-state index is 12.1. The minimum absolute atomic E-state index is 0.323. The predicted molar refractivity (Wildman–Crippen MR) is 77.3 cm³/mol. The van der Waals surface area contributed by atoms with Crippen LogP contribution in [0.2, 0.25) is 0 Å². The van der Waals surface area contributed by atoms with E-state index in [4.69, 9.17) is 9.47 Å². The molecule has 0 unspecified atom stereocenters. The molecule has 1 amide bonds. The van der Waals surface area contributed by atoms with Gasteiger partial charge >= 0.3 is 6.09 Å². The lowest BCUT2D eigenvalue weighted by Crippen LogP contribution is -2.47. The van der Waals surface area contributed by atoms with Gasteiger partial charge in [-0.05, 0) is 32.9 Å². The first-order valence-corrected chi connectivity index (χ1v) is 6.91. The van der Waals surface area contributed by atoms with Crippen LogP contribution >= 0.6 is 0 Å². The normalized spacial score (nSPS) is 15.8. The van der Waals surface area contributed by atoms with Gasteiger partial charge < -0.3 is 19.7 Å². The number of carbonyl (C=O) groups is 1. The van der Waals surface area contributed by atoms with Crippen LogP contribution in [0, 0.1) is 0 Å². The van der Waals surface area contributed by atoms with Gasteiger partial charge in [-0.25, -0.2) is 4.79 Å². The molecule has 1 aliphatic heterocycles. The van der Waals surface area contributed by atoms with E-state index in [1.807, 2.05) is 39.0 Å². The third kappa shape index (κ3) is 4.13. The van der Waals surface area contributed by atoms with Gasteiger partial charge in [-0.2, -0.15) is 0 Å². The molecule has 1 aromatic carbocycles. The number of carbonyl (C=O) groups excluding carboxylic acids is 1. The number of nitrogens with zero attached hydrogens (tertiary/aromatic N) is 1. The largest absolute Gasteiger partial charge is 0.484 e. The van der Waals surface area contributed by atoms with Gasteiger partial charge in [0.15, 0.2) is 11.5 Å². The van der Waals surface area contributed by atoms with E-state index in [9.17, 15) is 4.79 Å². The zero-order valence-electron chi connectivity index (χ0n) is 12.3. The molecule has 0 spiro atoms. The van der Waals surface area contributed by atoms with Crippen LogP contribution in [0.25, 0.3) is 0 Å². The van der Waals surface area contributed by atoms with Gasteiger partial charge in [-0.3, -0.25) is 0 Å². The molecule has 5 heteroatoms. The number of benzene rings is 1. The summed E-state index contributed by atoms with van der Waals surface area (Å²) in [6.07, 6.45) is -0.323. The molecule has 0 bridgehead atoms. The maximum absolute atomic E-state index is 12.1. The number of ether oxygens (including phenoxy) is 2. The van der Waals surface area contributed by atoms with Gasteiger partial charge in [-0.1, -0.05) is 12.1 Å². The Morgan fingerprint density at radius 2 is 1.75 bits per heavy atom. The Hall–Kier alpha value is -1.75. The molecule has 1 heterocycles. The van der Waals surface area contributed by atoms with Crippen molar-refractivity contribution in [1.82, 2.24) is 10.2 Å². The zero-order valence-corrected chi connectivity index (χ0v) is 12.3. The Morgan fingerprint density at radius 3 is 2.35 bits per heavy atom. The molecule has 1 aliphatic rings. The molecular weight excluding hydrogens is 256 g/mol. The summed E-state index contributed by atoms with van der Waals surface area (Å²) in [6, 6.07) is 7.26. The molecule has 110 valence electrons. The predicted octanol–water partition coefficient (Wildman–Crippen LogP) is 2.27. The van der Waals surface area contributed by atoms with E-state index in [1.165, 1.54) is 0 Å². The lowest BCUT2D eigenvalue weighted by Gasteiger charge is -2.27. The molecular formula is C15H22N2O3. The van der Waals surface area contributed by atoms with Crippen molar-refractivity contribution in [3.63, 3.8) is 0 Å². The van der Waals surface area contributed by atoms with Gasteiger partial charge in [0.1, 0.15) is 5.60 Å². The van der Waals surface area contributed by atoms with E-state index in [0.29, 0.717) is 24.6 Å². The molecule has 2 rings (SSSR count). The molecule has 0 radical (unpaired) electrons. The fraction of sp³-hybridized carbons (Fsp3) is 0.533. The molecule has 0 atom stereocenters. The van der Waals surface area contributed by atoms with Crippen molar-refractivity contribution in [3.05, 3.63) is 24.3 Å². The Kier molecular flexibility index (Phi) is 4.49. The number of rotatable bonds is 2. The fourth-order valence-corrected chi connectivity index (χ4v) is 1.95. The van der Waals surface area contributed by atoms with Crippen LogP contribution in [-0.2, 0) is 0 Å². The summed E-state index contributed by atoms with van der Waals surface area (Å²) in [5, 5.41) is 3.20. The SMILES string of the molecule is CC(C)(C)Oc1ccccc1OC(=O)N1CCNCC1. The van der Waals surface area contributed by atoms with Crippen LogP contribution < -0.4 is 14.8 Å². The average molecular weight is 278 g/mol. The Bertz CT molecular complexity index is 462. The lowest BCUT2D eigenvalue weighted by atomic mass is 10.2. The topological polar surface area (TPSA) is 50.8 Å². The summed E-state index contributed by atoms with van der Waals surface area (Å²) in [5.41, 5.74) is -0.336. The zero-order chi connectivity index (χ0) is 14.6. The van der Waals surface area contributed by atoms with E-state index in [-0.39, 0.29) is 11.7 Å². The molecule has 5 nitrogen and oxygen atoms in total. The van der Waals surface area contributed by atoms with E-state index < -0.39 is 0 Å². The number of piperazine rings is 1. The number of nitrogens with one attached hydrogen (secondary N) is 1. The molecule has 20 heavy (non-hydrogen) atoms. The van der Waals surface area contributed by atoms with Gasteiger partial charge in [0.25, 0.3) is 0 Å². The first-order chi connectivity index (χ1) is 9.46. The van der Waals surface area contributed by atoms with E-state index in [0.717, 1.165) is 13.1 Å². The minimum Gasteiger partial charge on any atom is -0.484 e. The van der Waals surface area contributed by atoms with Crippen molar-refractivity contribution in [2.75, 3.05) is 26.2 Å². The standard InChI is InChI=1S/C15H22N2O3/c1-15(2,3)20-13-7-5-4-6-12(13)19-14(18)17-10-8-16-9-11-17/h4-7,16H,8-11H2,1-3H3. The van der Waals surface area contributed by atoms with Gasteiger partial charge in [0.05, 0.1) is 0 Å². The summed E-state index contributed by atoms with van der Waals surface area (Å²) < 4.78 is 11.3. The van der Waals surface area contributed by atoms with Crippen LogP contribution in [-0.4, -0.2) is 42.8 Å². The fourth-order valence-electron chi connectivity index (χ4n) is 1.95. The third-order valence-corrected chi connectivity index (χ3v) is 2.84. The molecule has 1 fully saturated rings. The van der Waals surface area contributed by atoms with Crippen molar-refractivity contribution < 1.29 is 14.3 Å². The van der Waals surface area contributed by atoms with Gasteiger partial charge in [0.2, 0.25) is 0 Å². The van der Waals surface area contributed by atoms with Gasteiger partial charge in [-0.15, -0.1) is 0 Å².